The van der Waals surface area contributed by atoms with Crippen molar-refractivity contribution in [1.82, 2.24) is 4.57 Å². The number of benzene rings is 2. The molecule has 1 atom stereocenters. The van der Waals surface area contributed by atoms with E-state index >= 15 is 0 Å². The van der Waals surface area contributed by atoms with Crippen LogP contribution in [-0.4, -0.2) is 51.3 Å². The van der Waals surface area contributed by atoms with E-state index in [2.05, 4.69) is 9.68 Å². The molecule has 0 amide bonds. The number of fused-ring (bicyclic) bond motifs is 1. The number of rotatable bonds is 11. The third kappa shape index (κ3) is 6.43. The minimum absolute atomic E-state index is 0.123. The van der Waals surface area contributed by atoms with Gasteiger partial charge in [0.2, 0.25) is 0 Å². The van der Waals surface area contributed by atoms with Crippen LogP contribution >= 0.6 is 23.4 Å². The van der Waals surface area contributed by atoms with Gasteiger partial charge in [0, 0.05) is 33.8 Å². The van der Waals surface area contributed by atoms with Gasteiger partial charge in [-0.2, -0.15) is 0 Å². The topological polar surface area (TPSA) is 153 Å². The minimum Gasteiger partial charge on any atom is -0.497 e. The summed E-state index contributed by atoms with van der Waals surface area (Å²) in [4.78, 5) is 55.7. The molecule has 0 saturated carbocycles. The first kappa shape index (κ1) is 26.8. The molecule has 0 aliphatic carbocycles. The molecule has 3 rings (SSSR count). The van der Waals surface area contributed by atoms with Gasteiger partial charge in [-0.25, -0.2) is 0 Å². The number of hydrogen-bond acceptors (Lipinski definition) is 10. The number of methoxy groups -OCH3 is 1. The molecule has 2 aromatic carbocycles. The predicted molar refractivity (Wildman–Crippen MR) is 130 cm³/mol. The highest BCUT2D eigenvalue weighted by Crippen LogP contribution is 2.31. The summed E-state index contributed by atoms with van der Waals surface area (Å²) < 4.78 is 6.80. The van der Waals surface area contributed by atoms with Gasteiger partial charge in [-0.3, -0.25) is 14.2 Å². The molecule has 190 valence electrons. The largest absolute Gasteiger partial charge is 0.497 e. The molecule has 0 fully saturated rings. The molecular weight excluding hydrogens is 518 g/mol. The highest BCUT2D eigenvalue weighted by Gasteiger charge is 2.23. The van der Waals surface area contributed by atoms with E-state index < -0.39 is 28.0 Å². The Bertz CT molecular complexity index is 1310. The first-order valence-electron chi connectivity index (χ1n) is 10.3. The maximum atomic E-state index is 13.3. The van der Waals surface area contributed by atoms with E-state index in [1.54, 1.807) is 49.4 Å². The van der Waals surface area contributed by atoms with Gasteiger partial charge >= 0.3 is 0 Å². The van der Waals surface area contributed by atoms with E-state index in [1.165, 1.54) is 11.7 Å². The Balaban J connectivity index is 1.89. The van der Waals surface area contributed by atoms with E-state index in [0.29, 0.717) is 50.3 Å². The van der Waals surface area contributed by atoms with Crippen molar-refractivity contribution in [3.8, 4) is 5.75 Å². The van der Waals surface area contributed by atoms with Crippen molar-refractivity contribution in [2.45, 2.75) is 19.4 Å². The van der Waals surface area contributed by atoms with Crippen molar-refractivity contribution in [3.63, 3.8) is 0 Å². The summed E-state index contributed by atoms with van der Waals surface area (Å²) in [7, 11) is 1.49. The molecule has 0 radical (unpaired) electrons. The van der Waals surface area contributed by atoms with Gasteiger partial charge < -0.3 is 14.4 Å². The third-order valence-corrected chi connectivity index (χ3v) is 6.45. The Morgan fingerprint density at radius 1 is 1.11 bits per heavy atom. The van der Waals surface area contributed by atoms with Gasteiger partial charge in [-0.1, -0.05) is 23.4 Å². The van der Waals surface area contributed by atoms with Crippen LogP contribution < -0.4 is 4.74 Å². The van der Waals surface area contributed by atoms with E-state index in [9.17, 15) is 29.8 Å². The Kier molecular flexibility index (Phi) is 8.72. The predicted octanol–water partition coefficient (Wildman–Crippen LogP) is 3.89. The Hall–Kier alpha value is -3.84. The summed E-state index contributed by atoms with van der Waals surface area (Å²) in [6.45, 7) is 0.997. The quantitative estimate of drug-likeness (QED) is 0.260. The summed E-state index contributed by atoms with van der Waals surface area (Å²) >= 11 is 6.64. The average molecular weight is 538 g/mol. The molecule has 3 aromatic rings. The van der Waals surface area contributed by atoms with Crippen molar-refractivity contribution in [2.24, 2.45) is 0 Å². The fraction of sp³-hybridized carbons (Fsp3) is 0.273. The van der Waals surface area contributed by atoms with Crippen molar-refractivity contribution in [1.29, 1.82) is 0 Å². The minimum atomic E-state index is -1.33. The van der Waals surface area contributed by atoms with Gasteiger partial charge in [-0.15, -0.1) is 20.2 Å². The van der Waals surface area contributed by atoms with Crippen LogP contribution in [0.4, 0.5) is 0 Å². The van der Waals surface area contributed by atoms with Crippen LogP contribution in [0.5, 0.6) is 5.75 Å². The molecule has 14 heteroatoms. The summed E-state index contributed by atoms with van der Waals surface area (Å²) in [6, 6.07) is 11.5. The number of aromatic nitrogens is 1. The number of nitrogens with zero attached hydrogens (tertiary/aromatic N) is 3. The molecule has 36 heavy (non-hydrogen) atoms. The molecule has 0 saturated heterocycles. The lowest BCUT2D eigenvalue weighted by molar-refractivity contribution is -0.788. The van der Waals surface area contributed by atoms with Crippen molar-refractivity contribution >= 4 is 45.3 Å². The summed E-state index contributed by atoms with van der Waals surface area (Å²) in [5.41, 5.74) is 2.06. The normalized spacial score (nSPS) is 11.6. The van der Waals surface area contributed by atoms with E-state index in [1.807, 2.05) is 0 Å². The van der Waals surface area contributed by atoms with Gasteiger partial charge in [0.05, 0.1) is 12.6 Å². The van der Waals surface area contributed by atoms with Crippen LogP contribution in [0.25, 0.3) is 10.9 Å². The highest BCUT2D eigenvalue weighted by atomic mass is 35.5. The number of thioether (sulfide) groups is 1. The van der Waals surface area contributed by atoms with E-state index in [0.717, 1.165) is 0 Å². The van der Waals surface area contributed by atoms with Gasteiger partial charge in [-0.05, 0) is 55.0 Å². The fourth-order valence-electron chi connectivity index (χ4n) is 3.55. The molecule has 0 aliphatic heterocycles. The van der Waals surface area contributed by atoms with Crippen LogP contribution in [0.3, 0.4) is 0 Å². The highest BCUT2D eigenvalue weighted by molar-refractivity contribution is 8.13. The zero-order valence-corrected chi connectivity index (χ0v) is 20.6. The number of halogens is 1. The molecule has 0 N–H and O–H groups in total. The van der Waals surface area contributed by atoms with Crippen LogP contribution in [0.2, 0.25) is 5.02 Å². The third-order valence-electron chi connectivity index (χ3n) is 5.19. The number of carbonyl (C=O) groups excluding carboxylic acids is 2. The second kappa shape index (κ2) is 11.7. The van der Waals surface area contributed by atoms with Crippen molar-refractivity contribution in [2.75, 3.05) is 19.5 Å². The zero-order chi connectivity index (χ0) is 26.4. The molecule has 1 aromatic heterocycles. The maximum Gasteiger partial charge on any atom is 0.294 e. The van der Waals surface area contributed by atoms with Gasteiger partial charge in [0.25, 0.3) is 16.1 Å². The van der Waals surface area contributed by atoms with E-state index in [-0.39, 0.29) is 18.1 Å². The smallest absolute Gasteiger partial charge is 0.294 e. The summed E-state index contributed by atoms with van der Waals surface area (Å²) in [5.74, 6) is -0.0448. The number of hydrogen-bond donors (Lipinski definition) is 0. The van der Waals surface area contributed by atoms with Crippen LogP contribution in [0, 0.1) is 27.2 Å². The average Bonchev–Trinajstić information content (AvgIpc) is 3.10. The lowest BCUT2D eigenvalue weighted by Gasteiger charge is -2.12. The molecular formula is C22H20ClN3O9S. The van der Waals surface area contributed by atoms with Crippen molar-refractivity contribution < 1.29 is 34.2 Å². The fourth-order valence-corrected chi connectivity index (χ4v) is 4.45. The zero-order valence-electron chi connectivity index (χ0n) is 19.0. The van der Waals surface area contributed by atoms with Crippen LogP contribution in [-0.2, 0) is 20.9 Å². The SMILES string of the molecule is COc1ccc2c(c1)c(CC(=O)SCC(CO[N+](=O)[O-])O[N+](=O)[O-])c(C)n2C(=O)c1ccc(Cl)cc1. The van der Waals surface area contributed by atoms with E-state index in [4.69, 9.17) is 16.3 Å². The Morgan fingerprint density at radius 3 is 2.42 bits per heavy atom. The summed E-state index contributed by atoms with van der Waals surface area (Å²) in [6.07, 6.45) is -1.45. The molecule has 1 unspecified atom stereocenters. The standard InChI is InChI=1S/C22H20ClN3O9S/c1-13-18(10-21(27)36-12-17(35-26(31)32)11-34-25(29)30)19-9-16(33-2)7-8-20(19)24(13)22(28)14-3-5-15(23)6-4-14/h3-9,17H,10-12H2,1-2H3. The molecule has 1 heterocycles. The number of ether oxygens (including phenoxy) is 1. The first-order valence-corrected chi connectivity index (χ1v) is 11.7. The second-order valence-corrected chi connectivity index (χ2v) is 8.94. The molecule has 0 bridgehead atoms. The summed E-state index contributed by atoms with van der Waals surface area (Å²) in [5, 5.41) is 19.6. The first-order chi connectivity index (χ1) is 17.1. The van der Waals surface area contributed by atoms with Crippen LogP contribution in [0.1, 0.15) is 21.6 Å². The van der Waals surface area contributed by atoms with Crippen LogP contribution in [0.15, 0.2) is 42.5 Å². The molecule has 0 aliphatic rings. The Morgan fingerprint density at radius 2 is 1.81 bits per heavy atom. The monoisotopic (exact) mass is 537 g/mol. The molecule has 12 nitrogen and oxygen atoms in total. The van der Waals surface area contributed by atoms with Crippen molar-refractivity contribution in [3.05, 3.63) is 84.5 Å². The maximum absolute atomic E-state index is 13.3. The van der Waals surface area contributed by atoms with Gasteiger partial charge in [0.15, 0.2) is 5.12 Å². The lowest BCUT2D eigenvalue weighted by atomic mass is 10.1. The molecule has 0 spiro atoms. The number of carbonyl (C=O) groups is 2. The lowest BCUT2D eigenvalue weighted by Crippen LogP contribution is -2.27. The Labute approximate surface area is 213 Å². The van der Waals surface area contributed by atoms with Gasteiger partial charge in [0.1, 0.15) is 18.5 Å². The second-order valence-electron chi connectivity index (χ2n) is 7.42.